The van der Waals surface area contributed by atoms with Gasteiger partial charge in [0.15, 0.2) is 0 Å². The van der Waals surface area contributed by atoms with Gasteiger partial charge in [0.25, 0.3) is 0 Å². The van der Waals surface area contributed by atoms with Gasteiger partial charge < -0.3 is 9.64 Å². The Morgan fingerprint density at radius 2 is 1.88 bits per heavy atom. The van der Waals surface area contributed by atoms with Crippen LogP contribution >= 0.6 is 0 Å². The molecule has 1 aliphatic carbocycles. The molecule has 1 saturated carbocycles. The van der Waals surface area contributed by atoms with Crippen molar-refractivity contribution in [2.45, 2.75) is 25.3 Å². The highest BCUT2D eigenvalue weighted by Gasteiger charge is 2.46. The number of halogens is 1. The van der Waals surface area contributed by atoms with Crippen molar-refractivity contribution in [3.63, 3.8) is 0 Å². The van der Waals surface area contributed by atoms with Crippen molar-refractivity contribution in [3.05, 3.63) is 65.5 Å². The van der Waals surface area contributed by atoms with Gasteiger partial charge in [-0.05, 0) is 48.6 Å². The lowest BCUT2D eigenvalue weighted by Crippen LogP contribution is -2.31. The summed E-state index contributed by atoms with van der Waals surface area (Å²) < 4.78 is 19.0. The van der Waals surface area contributed by atoms with Crippen LogP contribution in [0, 0.1) is 11.7 Å². The largest absolute Gasteiger partial charge is 0.497 e. The fraction of sp³-hybridized carbons (Fsp3) is 0.350. The Balaban J connectivity index is 1.68. The van der Waals surface area contributed by atoms with Crippen LogP contribution in [0.5, 0.6) is 5.75 Å². The van der Waals surface area contributed by atoms with E-state index in [9.17, 15) is 9.18 Å². The molecule has 24 heavy (non-hydrogen) atoms. The molecule has 126 valence electrons. The summed E-state index contributed by atoms with van der Waals surface area (Å²) >= 11 is 0. The summed E-state index contributed by atoms with van der Waals surface area (Å²) in [6, 6.07) is 14.4. The molecule has 3 atom stereocenters. The Bertz CT molecular complexity index is 729. The number of amides is 1. The van der Waals surface area contributed by atoms with E-state index in [0.29, 0.717) is 5.56 Å². The standard InChI is InChI=1S/C20H22FNO2/c1-13(14-8-10-15(24-3)11-9-14)22(2)20(23)18-12-17(18)16-6-4-5-7-19(16)21/h4-11,13,17-18H,12H2,1-3H3. The number of methoxy groups -OCH3 is 1. The molecule has 2 aromatic carbocycles. The lowest BCUT2D eigenvalue weighted by Gasteiger charge is -2.26. The highest BCUT2D eigenvalue weighted by Crippen LogP contribution is 2.49. The Hall–Kier alpha value is -2.36. The first-order valence-corrected chi connectivity index (χ1v) is 8.18. The second-order valence-corrected chi connectivity index (χ2v) is 6.37. The van der Waals surface area contributed by atoms with Gasteiger partial charge in [-0.25, -0.2) is 4.39 Å². The van der Waals surface area contributed by atoms with Crippen molar-refractivity contribution >= 4 is 5.91 Å². The number of ether oxygens (including phenoxy) is 1. The first-order chi connectivity index (χ1) is 11.5. The number of hydrogen-bond acceptors (Lipinski definition) is 2. The molecule has 3 unspecified atom stereocenters. The molecule has 0 aromatic heterocycles. The Kier molecular flexibility index (Phi) is 4.56. The van der Waals surface area contributed by atoms with E-state index < -0.39 is 0 Å². The maximum absolute atomic E-state index is 13.9. The minimum absolute atomic E-state index is 0.00390. The lowest BCUT2D eigenvalue weighted by molar-refractivity contribution is -0.133. The van der Waals surface area contributed by atoms with Crippen LogP contribution in [-0.2, 0) is 4.79 Å². The number of carbonyl (C=O) groups is 1. The molecule has 2 aromatic rings. The van der Waals surface area contributed by atoms with Crippen molar-refractivity contribution in [2.24, 2.45) is 5.92 Å². The van der Waals surface area contributed by atoms with Gasteiger partial charge in [-0.15, -0.1) is 0 Å². The molecule has 0 spiro atoms. The van der Waals surface area contributed by atoms with Crippen LogP contribution in [-0.4, -0.2) is 25.0 Å². The minimum atomic E-state index is -0.219. The summed E-state index contributed by atoms with van der Waals surface area (Å²) in [6.45, 7) is 2.00. The molecule has 0 N–H and O–H groups in total. The molecule has 0 radical (unpaired) electrons. The van der Waals surface area contributed by atoms with E-state index in [4.69, 9.17) is 4.74 Å². The fourth-order valence-corrected chi connectivity index (χ4v) is 3.15. The summed E-state index contributed by atoms with van der Waals surface area (Å²) in [5, 5.41) is 0. The zero-order valence-corrected chi connectivity index (χ0v) is 14.2. The summed E-state index contributed by atoms with van der Waals surface area (Å²) in [5.41, 5.74) is 1.70. The number of nitrogens with zero attached hydrogens (tertiary/aromatic N) is 1. The zero-order chi connectivity index (χ0) is 17.3. The van der Waals surface area contributed by atoms with Gasteiger partial charge in [0.2, 0.25) is 5.91 Å². The van der Waals surface area contributed by atoms with Crippen LogP contribution in [0.3, 0.4) is 0 Å². The van der Waals surface area contributed by atoms with Gasteiger partial charge in [0.1, 0.15) is 11.6 Å². The fourth-order valence-electron chi connectivity index (χ4n) is 3.15. The first-order valence-electron chi connectivity index (χ1n) is 8.18. The van der Waals surface area contributed by atoms with E-state index in [0.717, 1.165) is 17.7 Å². The molecular formula is C20H22FNO2. The highest BCUT2D eigenvalue weighted by molar-refractivity contribution is 5.83. The number of carbonyl (C=O) groups excluding carboxylic acids is 1. The van der Waals surface area contributed by atoms with Crippen molar-refractivity contribution in [2.75, 3.05) is 14.2 Å². The van der Waals surface area contributed by atoms with E-state index in [2.05, 4.69) is 0 Å². The third-order valence-corrected chi connectivity index (χ3v) is 4.94. The van der Waals surface area contributed by atoms with Crippen LogP contribution in [0.1, 0.15) is 36.4 Å². The average Bonchev–Trinajstić information content (AvgIpc) is 3.41. The predicted molar refractivity (Wildman–Crippen MR) is 91.4 cm³/mol. The number of benzene rings is 2. The predicted octanol–water partition coefficient (Wildman–Crippen LogP) is 4.16. The van der Waals surface area contributed by atoms with Gasteiger partial charge in [-0.3, -0.25) is 4.79 Å². The molecule has 4 heteroatoms. The molecular weight excluding hydrogens is 305 g/mol. The van der Waals surface area contributed by atoms with Gasteiger partial charge in [-0.1, -0.05) is 30.3 Å². The minimum Gasteiger partial charge on any atom is -0.497 e. The summed E-state index contributed by atoms with van der Waals surface area (Å²) in [5.74, 6) is 0.536. The molecule has 3 rings (SSSR count). The second-order valence-electron chi connectivity index (χ2n) is 6.37. The number of hydrogen-bond donors (Lipinski definition) is 0. The van der Waals surface area contributed by atoms with Crippen molar-refractivity contribution in [1.82, 2.24) is 4.90 Å². The van der Waals surface area contributed by atoms with Crippen LogP contribution in [0.15, 0.2) is 48.5 Å². The average molecular weight is 327 g/mol. The normalized spacial score (nSPS) is 20.3. The maximum atomic E-state index is 13.9. The molecule has 0 aliphatic heterocycles. The topological polar surface area (TPSA) is 29.5 Å². The van der Waals surface area contributed by atoms with Gasteiger partial charge in [0, 0.05) is 13.0 Å². The Morgan fingerprint density at radius 3 is 2.50 bits per heavy atom. The lowest BCUT2D eigenvalue weighted by atomic mass is 10.1. The summed E-state index contributed by atoms with van der Waals surface area (Å²) in [4.78, 5) is 14.5. The Morgan fingerprint density at radius 1 is 1.21 bits per heavy atom. The van der Waals surface area contributed by atoms with Crippen LogP contribution < -0.4 is 4.74 Å². The van der Waals surface area contributed by atoms with Crippen molar-refractivity contribution in [3.8, 4) is 5.75 Å². The molecule has 0 bridgehead atoms. The van der Waals surface area contributed by atoms with E-state index in [-0.39, 0.29) is 29.6 Å². The van der Waals surface area contributed by atoms with E-state index in [1.807, 2.05) is 44.3 Å². The summed E-state index contributed by atoms with van der Waals surface area (Å²) in [6.07, 6.45) is 0.722. The van der Waals surface area contributed by atoms with Gasteiger partial charge in [-0.2, -0.15) is 0 Å². The number of rotatable bonds is 5. The Labute approximate surface area is 142 Å². The molecule has 1 fully saturated rings. The molecule has 0 saturated heterocycles. The van der Waals surface area contributed by atoms with E-state index in [1.165, 1.54) is 6.07 Å². The molecule has 1 aliphatic rings. The third-order valence-electron chi connectivity index (χ3n) is 4.94. The molecule has 1 amide bonds. The van der Waals surface area contributed by atoms with Crippen molar-refractivity contribution < 1.29 is 13.9 Å². The first kappa shape index (κ1) is 16.5. The highest BCUT2D eigenvalue weighted by atomic mass is 19.1. The second kappa shape index (κ2) is 6.63. The van der Waals surface area contributed by atoms with Gasteiger partial charge >= 0.3 is 0 Å². The van der Waals surface area contributed by atoms with E-state index in [1.54, 1.807) is 24.1 Å². The SMILES string of the molecule is COc1ccc(C(C)N(C)C(=O)C2CC2c2ccccc2F)cc1. The zero-order valence-electron chi connectivity index (χ0n) is 14.2. The van der Waals surface area contributed by atoms with Gasteiger partial charge in [0.05, 0.1) is 13.2 Å². The molecule has 3 nitrogen and oxygen atoms in total. The van der Waals surface area contributed by atoms with Crippen LogP contribution in [0.25, 0.3) is 0 Å². The van der Waals surface area contributed by atoms with E-state index >= 15 is 0 Å². The van der Waals surface area contributed by atoms with Crippen molar-refractivity contribution in [1.29, 1.82) is 0 Å². The van der Waals surface area contributed by atoms with Crippen LogP contribution in [0.2, 0.25) is 0 Å². The smallest absolute Gasteiger partial charge is 0.226 e. The maximum Gasteiger partial charge on any atom is 0.226 e. The third kappa shape index (κ3) is 3.14. The monoisotopic (exact) mass is 327 g/mol. The summed E-state index contributed by atoms with van der Waals surface area (Å²) in [7, 11) is 3.44. The van der Waals surface area contributed by atoms with Crippen LogP contribution in [0.4, 0.5) is 4.39 Å². The molecule has 0 heterocycles. The quantitative estimate of drug-likeness (QED) is 0.825.